The number of thiazole rings is 1. The van der Waals surface area contributed by atoms with Crippen molar-refractivity contribution in [3.8, 4) is 0 Å². The van der Waals surface area contributed by atoms with Crippen molar-refractivity contribution in [3.63, 3.8) is 0 Å². The molecule has 0 fully saturated rings. The van der Waals surface area contributed by atoms with E-state index in [1.54, 1.807) is 6.20 Å². The van der Waals surface area contributed by atoms with E-state index in [0.717, 1.165) is 26.4 Å². The predicted molar refractivity (Wildman–Crippen MR) is 88.3 cm³/mol. The number of anilines is 2. The molecule has 21 heavy (non-hydrogen) atoms. The number of nitrogens with one attached hydrogen (secondary N) is 1. The highest BCUT2D eigenvalue weighted by atomic mass is 32.1. The summed E-state index contributed by atoms with van der Waals surface area (Å²) < 4.78 is 0.984. The summed E-state index contributed by atoms with van der Waals surface area (Å²) in [6.45, 7) is 5.78. The van der Waals surface area contributed by atoms with E-state index >= 15 is 0 Å². The molecule has 0 aliphatic heterocycles. The first kappa shape index (κ1) is 14.0. The number of hydrogen-bond donors (Lipinski definition) is 2. The van der Waals surface area contributed by atoms with Crippen molar-refractivity contribution in [1.29, 1.82) is 0 Å². The van der Waals surface area contributed by atoms with Crippen molar-refractivity contribution in [2.75, 3.05) is 11.1 Å². The topological polar surface area (TPSA) is 80.9 Å². The zero-order valence-electron chi connectivity index (χ0n) is 11.9. The third-order valence-electron chi connectivity index (χ3n) is 3.07. The number of fused-ring (bicyclic) bond motifs is 1. The fourth-order valence-electron chi connectivity index (χ4n) is 2.21. The zero-order chi connectivity index (χ0) is 15.1. The molecule has 3 heterocycles. The standard InChI is InChI=1S/C14H14N4OS2/c1-6-4-9-10(8(3)17-6)11(15)12(21-9)13(19)18-14-16-5-7(2)20-14/h4-5H,15H2,1-3H3,(H,16,18,19). The number of carbonyl (C=O) groups is 1. The van der Waals surface area contributed by atoms with Crippen LogP contribution in [0.15, 0.2) is 12.3 Å². The molecule has 0 unspecified atom stereocenters. The number of nitrogen functional groups attached to an aromatic ring is 1. The lowest BCUT2D eigenvalue weighted by molar-refractivity contribution is 0.103. The van der Waals surface area contributed by atoms with Crippen LogP contribution in [0.5, 0.6) is 0 Å². The number of nitrogens with two attached hydrogens (primary N) is 1. The van der Waals surface area contributed by atoms with Crippen LogP contribution in [-0.4, -0.2) is 15.9 Å². The average molecular weight is 318 g/mol. The van der Waals surface area contributed by atoms with Crippen LogP contribution in [0.3, 0.4) is 0 Å². The van der Waals surface area contributed by atoms with Gasteiger partial charge in [0.05, 0.1) is 5.69 Å². The Kier molecular flexibility index (Phi) is 3.38. The fourth-order valence-corrected chi connectivity index (χ4v) is 4.04. The number of amides is 1. The van der Waals surface area contributed by atoms with Crippen molar-refractivity contribution in [3.05, 3.63) is 33.4 Å². The monoisotopic (exact) mass is 318 g/mol. The van der Waals surface area contributed by atoms with Gasteiger partial charge in [-0.15, -0.1) is 22.7 Å². The Morgan fingerprint density at radius 2 is 2.05 bits per heavy atom. The first-order valence-electron chi connectivity index (χ1n) is 6.35. The predicted octanol–water partition coefficient (Wildman–Crippen LogP) is 3.51. The van der Waals surface area contributed by atoms with E-state index in [0.29, 0.717) is 15.7 Å². The van der Waals surface area contributed by atoms with E-state index in [9.17, 15) is 4.79 Å². The molecule has 0 aliphatic rings. The summed E-state index contributed by atoms with van der Waals surface area (Å²) in [5.41, 5.74) is 8.40. The van der Waals surface area contributed by atoms with Gasteiger partial charge in [-0.05, 0) is 26.8 Å². The summed E-state index contributed by atoms with van der Waals surface area (Å²) in [5.74, 6) is -0.222. The maximum absolute atomic E-state index is 12.4. The van der Waals surface area contributed by atoms with Gasteiger partial charge in [0.25, 0.3) is 5.91 Å². The minimum atomic E-state index is -0.222. The van der Waals surface area contributed by atoms with Crippen molar-refractivity contribution in [1.82, 2.24) is 9.97 Å². The highest BCUT2D eigenvalue weighted by molar-refractivity contribution is 7.22. The van der Waals surface area contributed by atoms with Gasteiger partial charge in [0, 0.05) is 32.5 Å². The van der Waals surface area contributed by atoms with Gasteiger partial charge in [0.2, 0.25) is 0 Å². The Bertz CT molecular complexity index is 850. The number of rotatable bonds is 2. The Morgan fingerprint density at radius 3 is 2.71 bits per heavy atom. The highest BCUT2D eigenvalue weighted by Gasteiger charge is 2.19. The maximum Gasteiger partial charge on any atom is 0.269 e. The average Bonchev–Trinajstić information content (AvgIpc) is 2.93. The second-order valence-electron chi connectivity index (χ2n) is 4.80. The number of thiophene rings is 1. The quantitative estimate of drug-likeness (QED) is 0.757. The molecular formula is C14H14N4OS2. The molecule has 0 saturated carbocycles. The molecule has 0 radical (unpaired) electrons. The molecule has 1 amide bonds. The Labute approximate surface area is 129 Å². The fraction of sp³-hybridized carbons (Fsp3) is 0.214. The number of aryl methyl sites for hydroxylation is 3. The van der Waals surface area contributed by atoms with E-state index in [1.165, 1.54) is 22.7 Å². The molecule has 7 heteroatoms. The number of nitrogens with zero attached hydrogens (tertiary/aromatic N) is 2. The van der Waals surface area contributed by atoms with Crippen LogP contribution in [0.1, 0.15) is 25.9 Å². The summed E-state index contributed by atoms with van der Waals surface area (Å²) >= 11 is 2.82. The van der Waals surface area contributed by atoms with Gasteiger partial charge < -0.3 is 5.73 Å². The summed E-state index contributed by atoms with van der Waals surface area (Å²) in [4.78, 5) is 22.5. The van der Waals surface area contributed by atoms with E-state index < -0.39 is 0 Å². The molecule has 0 aromatic carbocycles. The van der Waals surface area contributed by atoms with E-state index in [4.69, 9.17) is 5.73 Å². The molecule has 3 rings (SSSR count). The van der Waals surface area contributed by atoms with Gasteiger partial charge in [0.15, 0.2) is 5.13 Å². The Balaban J connectivity index is 2.02. The first-order chi connectivity index (χ1) is 9.95. The van der Waals surface area contributed by atoms with Crippen molar-refractivity contribution < 1.29 is 4.79 Å². The van der Waals surface area contributed by atoms with E-state index in [1.807, 2.05) is 26.8 Å². The number of aromatic nitrogens is 2. The molecule has 5 nitrogen and oxygen atoms in total. The SMILES string of the molecule is Cc1cc2sc(C(=O)Nc3ncc(C)s3)c(N)c2c(C)n1. The van der Waals surface area contributed by atoms with Gasteiger partial charge in [-0.1, -0.05) is 0 Å². The highest BCUT2D eigenvalue weighted by Crippen LogP contribution is 2.36. The molecular weight excluding hydrogens is 304 g/mol. The number of pyridine rings is 1. The molecule has 0 bridgehead atoms. The number of hydrogen-bond acceptors (Lipinski definition) is 6. The van der Waals surface area contributed by atoms with E-state index in [2.05, 4.69) is 15.3 Å². The van der Waals surface area contributed by atoms with E-state index in [-0.39, 0.29) is 5.91 Å². The second-order valence-corrected chi connectivity index (χ2v) is 7.08. The summed E-state index contributed by atoms with van der Waals surface area (Å²) in [6.07, 6.45) is 1.73. The Hall–Kier alpha value is -1.99. The van der Waals surface area contributed by atoms with Crippen LogP contribution >= 0.6 is 22.7 Å². The molecule has 108 valence electrons. The van der Waals surface area contributed by atoms with Crippen LogP contribution in [0.4, 0.5) is 10.8 Å². The minimum Gasteiger partial charge on any atom is -0.397 e. The molecule has 3 N–H and O–H groups in total. The third-order valence-corrected chi connectivity index (χ3v) is 5.05. The smallest absolute Gasteiger partial charge is 0.269 e. The van der Waals surface area contributed by atoms with Gasteiger partial charge in [-0.25, -0.2) is 4.98 Å². The molecule has 0 atom stereocenters. The second kappa shape index (κ2) is 5.09. The molecule has 0 aliphatic carbocycles. The van der Waals surface area contributed by atoms with Gasteiger partial charge in [-0.3, -0.25) is 15.1 Å². The lowest BCUT2D eigenvalue weighted by atomic mass is 10.2. The lowest BCUT2D eigenvalue weighted by Crippen LogP contribution is -2.11. The molecule has 0 spiro atoms. The van der Waals surface area contributed by atoms with Crippen LogP contribution < -0.4 is 11.1 Å². The maximum atomic E-state index is 12.4. The largest absolute Gasteiger partial charge is 0.397 e. The minimum absolute atomic E-state index is 0.222. The first-order valence-corrected chi connectivity index (χ1v) is 7.99. The van der Waals surface area contributed by atoms with Crippen LogP contribution in [0, 0.1) is 20.8 Å². The Morgan fingerprint density at radius 1 is 1.29 bits per heavy atom. The van der Waals surface area contributed by atoms with Crippen molar-refractivity contribution in [2.45, 2.75) is 20.8 Å². The van der Waals surface area contributed by atoms with Gasteiger partial charge >= 0.3 is 0 Å². The summed E-state index contributed by atoms with van der Waals surface area (Å²) in [7, 11) is 0. The summed E-state index contributed by atoms with van der Waals surface area (Å²) in [6, 6.07) is 1.95. The normalized spacial score (nSPS) is 11.0. The zero-order valence-corrected chi connectivity index (χ0v) is 13.5. The number of carbonyl (C=O) groups excluding carboxylic acids is 1. The summed E-state index contributed by atoms with van der Waals surface area (Å²) in [5, 5.41) is 4.24. The van der Waals surface area contributed by atoms with Crippen LogP contribution in [-0.2, 0) is 0 Å². The molecule has 3 aromatic rings. The molecule has 0 saturated heterocycles. The third kappa shape index (κ3) is 2.50. The van der Waals surface area contributed by atoms with Crippen LogP contribution in [0.2, 0.25) is 0 Å². The van der Waals surface area contributed by atoms with Crippen LogP contribution in [0.25, 0.3) is 10.1 Å². The van der Waals surface area contributed by atoms with Gasteiger partial charge in [0.1, 0.15) is 4.88 Å². The molecule has 3 aromatic heterocycles. The lowest BCUT2D eigenvalue weighted by Gasteiger charge is -2.01. The van der Waals surface area contributed by atoms with Crippen molar-refractivity contribution >= 4 is 49.5 Å². The van der Waals surface area contributed by atoms with Crippen molar-refractivity contribution in [2.24, 2.45) is 0 Å². The van der Waals surface area contributed by atoms with Gasteiger partial charge in [-0.2, -0.15) is 0 Å².